The van der Waals surface area contributed by atoms with Crippen LogP contribution < -0.4 is 0 Å². The fourth-order valence-electron chi connectivity index (χ4n) is 4.76. The molecule has 2 aliphatic carbocycles. The smallest absolute Gasteiger partial charge is 0.129 e. The molecule has 0 aromatic heterocycles. The lowest BCUT2D eigenvalue weighted by molar-refractivity contribution is -0.0285. The van der Waals surface area contributed by atoms with Gasteiger partial charge in [-0.15, -0.1) is 0 Å². The van der Waals surface area contributed by atoms with Gasteiger partial charge in [-0.05, 0) is 62.3 Å². The molecule has 0 bridgehead atoms. The van der Waals surface area contributed by atoms with Crippen LogP contribution in [0, 0.1) is 23.6 Å². The molecule has 2 fully saturated rings. The van der Waals surface area contributed by atoms with Crippen LogP contribution in [0.5, 0.6) is 0 Å². The highest BCUT2D eigenvalue weighted by Gasteiger charge is 2.39. The zero-order valence-corrected chi connectivity index (χ0v) is 13.7. The van der Waals surface area contributed by atoms with Crippen LogP contribution in [-0.4, -0.2) is 5.11 Å². The normalized spacial score (nSPS) is 36.2. The zero-order chi connectivity index (χ0) is 15.6. The number of hydrogen-bond donors (Lipinski definition) is 1. The molecule has 1 nitrogen and oxygen atoms in total. The van der Waals surface area contributed by atoms with Crippen molar-refractivity contribution in [2.45, 2.75) is 70.3 Å². The molecule has 2 aliphatic rings. The van der Waals surface area contributed by atoms with E-state index in [0.717, 1.165) is 30.6 Å². The Morgan fingerprint density at radius 3 is 2.18 bits per heavy atom. The van der Waals surface area contributed by atoms with Gasteiger partial charge in [-0.25, -0.2) is 4.39 Å². The van der Waals surface area contributed by atoms with E-state index >= 15 is 0 Å². The highest BCUT2D eigenvalue weighted by atomic mass is 19.1. The minimum Gasteiger partial charge on any atom is -0.385 e. The van der Waals surface area contributed by atoms with Crippen molar-refractivity contribution in [1.29, 1.82) is 0 Å². The van der Waals surface area contributed by atoms with Crippen molar-refractivity contribution in [2.24, 2.45) is 17.8 Å². The highest BCUT2D eigenvalue weighted by molar-refractivity contribution is 5.24. The summed E-state index contributed by atoms with van der Waals surface area (Å²) in [4.78, 5) is 0. The molecular formula is C20H29FO. The number of aliphatic hydroxyl groups is 1. The van der Waals surface area contributed by atoms with E-state index in [1.807, 2.05) is 6.07 Å². The van der Waals surface area contributed by atoms with E-state index in [1.54, 1.807) is 12.1 Å². The summed E-state index contributed by atoms with van der Waals surface area (Å²) in [7, 11) is 0. The van der Waals surface area contributed by atoms with Crippen LogP contribution in [0.15, 0.2) is 24.3 Å². The highest BCUT2D eigenvalue weighted by Crippen LogP contribution is 2.46. The van der Waals surface area contributed by atoms with Gasteiger partial charge in [-0.1, -0.05) is 44.4 Å². The topological polar surface area (TPSA) is 20.2 Å². The van der Waals surface area contributed by atoms with Crippen LogP contribution in [0.25, 0.3) is 0 Å². The maximum Gasteiger partial charge on any atom is 0.129 e. The van der Waals surface area contributed by atoms with Crippen molar-refractivity contribution < 1.29 is 9.50 Å². The lowest BCUT2D eigenvalue weighted by Gasteiger charge is -2.41. The largest absolute Gasteiger partial charge is 0.385 e. The number of hydrogen-bond acceptors (Lipinski definition) is 1. The van der Waals surface area contributed by atoms with Gasteiger partial charge in [0.2, 0.25) is 0 Å². The van der Waals surface area contributed by atoms with Crippen LogP contribution in [0.4, 0.5) is 4.39 Å². The Labute approximate surface area is 133 Å². The van der Waals surface area contributed by atoms with Gasteiger partial charge >= 0.3 is 0 Å². The van der Waals surface area contributed by atoms with Crippen LogP contribution in [0.2, 0.25) is 0 Å². The Morgan fingerprint density at radius 1 is 1.00 bits per heavy atom. The van der Waals surface area contributed by atoms with Gasteiger partial charge in [-0.3, -0.25) is 0 Å². The summed E-state index contributed by atoms with van der Waals surface area (Å²) >= 11 is 0. The minimum absolute atomic E-state index is 0.257. The Kier molecular flexibility index (Phi) is 4.87. The summed E-state index contributed by atoms with van der Waals surface area (Å²) in [6.45, 7) is 2.31. The Balaban J connectivity index is 1.60. The van der Waals surface area contributed by atoms with Gasteiger partial charge < -0.3 is 5.11 Å². The second-order valence-corrected chi connectivity index (χ2v) is 7.54. The zero-order valence-electron chi connectivity index (χ0n) is 13.7. The van der Waals surface area contributed by atoms with Crippen LogP contribution in [-0.2, 0) is 5.60 Å². The van der Waals surface area contributed by atoms with E-state index in [-0.39, 0.29) is 5.82 Å². The van der Waals surface area contributed by atoms with Crippen molar-refractivity contribution >= 4 is 0 Å². The van der Waals surface area contributed by atoms with E-state index in [9.17, 15) is 9.50 Å². The first-order chi connectivity index (χ1) is 10.6. The molecule has 122 valence electrons. The summed E-state index contributed by atoms with van der Waals surface area (Å²) < 4.78 is 14.0. The number of halogens is 1. The number of rotatable bonds is 3. The van der Waals surface area contributed by atoms with E-state index < -0.39 is 5.60 Å². The summed E-state index contributed by atoms with van der Waals surface area (Å²) in [5.41, 5.74) is -0.439. The first-order valence-electron chi connectivity index (χ1n) is 9.10. The van der Waals surface area contributed by atoms with Crippen molar-refractivity contribution in [1.82, 2.24) is 0 Å². The quantitative estimate of drug-likeness (QED) is 0.790. The first kappa shape index (κ1) is 16.0. The average Bonchev–Trinajstić information content (AvgIpc) is 2.56. The Hall–Kier alpha value is -0.890. The second-order valence-electron chi connectivity index (χ2n) is 7.54. The van der Waals surface area contributed by atoms with Crippen LogP contribution >= 0.6 is 0 Å². The van der Waals surface area contributed by atoms with Gasteiger partial charge in [0.15, 0.2) is 0 Å². The lowest BCUT2D eigenvalue weighted by Crippen LogP contribution is -2.35. The third kappa shape index (κ3) is 3.22. The van der Waals surface area contributed by atoms with Gasteiger partial charge in [-0.2, -0.15) is 0 Å². The van der Waals surface area contributed by atoms with Crippen molar-refractivity contribution in [3.8, 4) is 0 Å². The van der Waals surface area contributed by atoms with E-state index in [1.165, 1.54) is 38.2 Å². The predicted molar refractivity (Wildman–Crippen MR) is 88.0 cm³/mol. The molecule has 0 saturated heterocycles. The maximum atomic E-state index is 14.0. The maximum absolute atomic E-state index is 14.0. The van der Waals surface area contributed by atoms with Crippen LogP contribution in [0.3, 0.4) is 0 Å². The average molecular weight is 304 g/mol. The lowest BCUT2D eigenvalue weighted by atomic mass is 9.66. The third-order valence-electron chi connectivity index (χ3n) is 6.37. The SMILES string of the molecule is CCC1CCC(C2CCC(O)(c3ccccc3F)CC2)CC1. The number of benzene rings is 1. The van der Waals surface area contributed by atoms with E-state index in [4.69, 9.17) is 0 Å². The van der Waals surface area contributed by atoms with E-state index in [2.05, 4.69) is 6.92 Å². The standard InChI is InChI=1S/C20H29FO/c1-2-15-7-9-16(10-8-15)17-11-13-20(22,14-12-17)18-5-3-4-6-19(18)21/h3-6,15-17,22H,2,7-14H2,1H3. The van der Waals surface area contributed by atoms with Crippen molar-refractivity contribution in [3.05, 3.63) is 35.6 Å². The molecule has 1 aromatic rings. The molecular weight excluding hydrogens is 275 g/mol. The fourth-order valence-corrected chi connectivity index (χ4v) is 4.76. The Morgan fingerprint density at radius 2 is 1.59 bits per heavy atom. The molecule has 0 unspecified atom stereocenters. The monoisotopic (exact) mass is 304 g/mol. The predicted octanol–water partition coefficient (Wildman–Crippen LogP) is 5.42. The third-order valence-corrected chi connectivity index (χ3v) is 6.37. The van der Waals surface area contributed by atoms with Crippen molar-refractivity contribution in [3.63, 3.8) is 0 Å². The van der Waals surface area contributed by atoms with Gasteiger partial charge in [0, 0.05) is 5.56 Å². The molecule has 0 radical (unpaired) electrons. The molecule has 0 atom stereocenters. The van der Waals surface area contributed by atoms with E-state index in [0.29, 0.717) is 18.4 Å². The Bertz CT molecular complexity index is 482. The minimum atomic E-state index is -0.942. The summed E-state index contributed by atoms with van der Waals surface area (Å²) in [5, 5.41) is 10.9. The molecule has 2 heteroatoms. The molecule has 1 N–H and O–H groups in total. The molecule has 2 saturated carbocycles. The van der Waals surface area contributed by atoms with Gasteiger partial charge in [0.05, 0.1) is 5.60 Å². The molecule has 0 aliphatic heterocycles. The fraction of sp³-hybridized carbons (Fsp3) is 0.700. The molecule has 0 amide bonds. The molecule has 1 aromatic carbocycles. The van der Waals surface area contributed by atoms with Gasteiger partial charge in [0.1, 0.15) is 5.82 Å². The summed E-state index contributed by atoms with van der Waals surface area (Å²) in [6, 6.07) is 6.74. The molecule has 3 rings (SSSR count). The molecule has 0 heterocycles. The second kappa shape index (κ2) is 6.70. The van der Waals surface area contributed by atoms with Gasteiger partial charge in [0.25, 0.3) is 0 Å². The summed E-state index contributed by atoms with van der Waals surface area (Å²) in [5.74, 6) is 2.26. The summed E-state index contributed by atoms with van der Waals surface area (Å²) in [6.07, 6.45) is 10.3. The molecule has 0 spiro atoms. The molecule has 22 heavy (non-hydrogen) atoms. The van der Waals surface area contributed by atoms with Crippen LogP contribution in [0.1, 0.15) is 70.3 Å². The first-order valence-corrected chi connectivity index (χ1v) is 9.10. The van der Waals surface area contributed by atoms with Crippen molar-refractivity contribution in [2.75, 3.05) is 0 Å².